The maximum Gasteiger partial charge on any atom is 0.107 e. The molecular weight excluding hydrogens is 299 g/mol. The highest BCUT2D eigenvalue weighted by molar-refractivity contribution is 7.20. The molecule has 19 heavy (non-hydrogen) atoms. The first-order valence-electron chi connectivity index (χ1n) is 6.31. The maximum atomic E-state index is 10.6. The molecule has 1 N–H and O–H groups in total. The molecule has 0 saturated carbocycles. The lowest BCUT2D eigenvalue weighted by molar-refractivity contribution is 0.219. The van der Waals surface area contributed by atoms with Gasteiger partial charge in [0.15, 0.2) is 0 Å². The van der Waals surface area contributed by atoms with E-state index < -0.39 is 6.10 Å². The fourth-order valence-corrected chi connectivity index (χ4v) is 3.67. The molecule has 0 saturated heterocycles. The molecule has 1 atom stereocenters. The third-order valence-electron chi connectivity index (χ3n) is 3.27. The summed E-state index contributed by atoms with van der Waals surface area (Å²) in [5.41, 5.74) is 3.98. The lowest BCUT2D eigenvalue weighted by Gasteiger charge is -2.16. The van der Waals surface area contributed by atoms with Crippen molar-refractivity contribution in [2.24, 2.45) is 0 Å². The molecule has 1 aromatic heterocycles. The molecule has 0 bridgehead atoms. The van der Waals surface area contributed by atoms with Crippen LogP contribution in [0.1, 0.15) is 42.2 Å². The molecule has 0 aliphatic carbocycles. The van der Waals surface area contributed by atoms with Crippen LogP contribution in [0.4, 0.5) is 0 Å². The van der Waals surface area contributed by atoms with Crippen LogP contribution < -0.4 is 0 Å². The van der Waals surface area contributed by atoms with E-state index in [1.165, 1.54) is 16.9 Å². The highest BCUT2D eigenvalue weighted by atomic mass is 35.5. The summed E-state index contributed by atoms with van der Waals surface area (Å²) in [6.45, 7) is 4.19. The van der Waals surface area contributed by atoms with Crippen molar-refractivity contribution in [1.29, 1.82) is 0 Å². The zero-order valence-electron chi connectivity index (χ0n) is 10.9. The van der Waals surface area contributed by atoms with E-state index in [9.17, 15) is 5.11 Å². The lowest BCUT2D eigenvalue weighted by atomic mass is 9.94. The van der Waals surface area contributed by atoms with Crippen molar-refractivity contribution < 1.29 is 5.11 Å². The van der Waals surface area contributed by atoms with Gasteiger partial charge >= 0.3 is 0 Å². The van der Waals surface area contributed by atoms with Crippen LogP contribution in [0.15, 0.2) is 24.3 Å². The fraction of sp³-hybridized carbons (Fsp3) is 0.333. The van der Waals surface area contributed by atoms with E-state index in [1.807, 2.05) is 0 Å². The number of aliphatic hydroxyl groups is 1. The average Bonchev–Trinajstić information content (AvgIpc) is 2.76. The summed E-state index contributed by atoms with van der Waals surface area (Å²) in [6.07, 6.45) is 1.12. The fourth-order valence-electron chi connectivity index (χ4n) is 2.15. The van der Waals surface area contributed by atoms with Crippen LogP contribution in [-0.2, 0) is 12.8 Å². The van der Waals surface area contributed by atoms with Gasteiger partial charge in [-0.1, -0.05) is 55.2 Å². The average molecular weight is 315 g/mol. The van der Waals surface area contributed by atoms with Crippen LogP contribution in [0, 0.1) is 0 Å². The third kappa shape index (κ3) is 3.14. The number of aryl methyl sites for hydroxylation is 2. The summed E-state index contributed by atoms with van der Waals surface area (Å²) >= 11 is 13.4. The van der Waals surface area contributed by atoms with E-state index in [0.717, 1.165) is 24.0 Å². The minimum absolute atomic E-state index is 0.557. The number of benzene rings is 1. The molecule has 0 fully saturated rings. The zero-order valence-corrected chi connectivity index (χ0v) is 13.2. The van der Waals surface area contributed by atoms with Crippen molar-refractivity contribution in [3.63, 3.8) is 0 Å². The van der Waals surface area contributed by atoms with Crippen LogP contribution in [0.3, 0.4) is 0 Å². The zero-order chi connectivity index (χ0) is 14.0. The number of rotatable bonds is 4. The number of hydrogen-bond donors (Lipinski definition) is 1. The van der Waals surface area contributed by atoms with Crippen LogP contribution >= 0.6 is 34.5 Å². The van der Waals surface area contributed by atoms with Gasteiger partial charge in [-0.25, -0.2) is 0 Å². The molecule has 0 aliphatic heterocycles. The van der Waals surface area contributed by atoms with Crippen LogP contribution in [0.5, 0.6) is 0 Å². The molecule has 1 aromatic carbocycles. The molecule has 1 nitrogen and oxygen atoms in total. The molecule has 0 spiro atoms. The second-order valence-corrected chi connectivity index (χ2v) is 6.71. The Balaban J connectivity index is 2.47. The Morgan fingerprint density at radius 1 is 1.11 bits per heavy atom. The van der Waals surface area contributed by atoms with Crippen molar-refractivity contribution in [3.05, 3.63) is 55.2 Å². The molecule has 102 valence electrons. The largest absolute Gasteiger partial charge is 0.384 e. The Kier molecular flexibility index (Phi) is 4.91. The summed E-state index contributed by atoms with van der Waals surface area (Å²) in [4.78, 5) is 0. The van der Waals surface area contributed by atoms with E-state index in [0.29, 0.717) is 14.2 Å². The topological polar surface area (TPSA) is 20.2 Å². The van der Waals surface area contributed by atoms with Gasteiger partial charge in [-0.05, 0) is 35.6 Å². The van der Waals surface area contributed by atoms with Gasteiger partial charge in [0.2, 0.25) is 0 Å². The first kappa shape index (κ1) is 14.9. The van der Waals surface area contributed by atoms with Crippen molar-refractivity contribution in [1.82, 2.24) is 0 Å². The Labute approximate surface area is 127 Å². The maximum absolute atomic E-state index is 10.6. The quantitative estimate of drug-likeness (QED) is 0.816. The Morgan fingerprint density at radius 2 is 1.84 bits per heavy atom. The van der Waals surface area contributed by atoms with Gasteiger partial charge < -0.3 is 5.11 Å². The monoisotopic (exact) mass is 314 g/mol. The third-order valence-corrected chi connectivity index (χ3v) is 4.79. The highest BCUT2D eigenvalue weighted by Crippen LogP contribution is 2.38. The first-order valence-corrected chi connectivity index (χ1v) is 7.88. The van der Waals surface area contributed by atoms with E-state index in [4.69, 9.17) is 23.2 Å². The van der Waals surface area contributed by atoms with E-state index in [2.05, 4.69) is 32.0 Å². The number of aliphatic hydroxyl groups excluding tert-OH is 1. The Morgan fingerprint density at radius 3 is 2.37 bits per heavy atom. The second-order valence-electron chi connectivity index (χ2n) is 4.42. The summed E-state index contributed by atoms with van der Waals surface area (Å²) < 4.78 is 1.16. The van der Waals surface area contributed by atoms with E-state index in [1.54, 1.807) is 6.07 Å². The molecule has 1 heterocycles. The summed E-state index contributed by atoms with van der Waals surface area (Å²) in [5, 5.41) is 10.6. The molecule has 0 radical (unpaired) electrons. The van der Waals surface area contributed by atoms with Gasteiger partial charge in [-0.3, -0.25) is 0 Å². The van der Waals surface area contributed by atoms with Crippen molar-refractivity contribution in [2.75, 3.05) is 0 Å². The highest BCUT2D eigenvalue weighted by Gasteiger charge is 2.19. The van der Waals surface area contributed by atoms with Crippen LogP contribution in [-0.4, -0.2) is 5.11 Å². The number of halogens is 2. The predicted molar refractivity (Wildman–Crippen MR) is 83.6 cm³/mol. The first-order chi connectivity index (χ1) is 9.06. The van der Waals surface area contributed by atoms with Crippen molar-refractivity contribution in [3.8, 4) is 0 Å². The van der Waals surface area contributed by atoms with E-state index in [-0.39, 0.29) is 0 Å². The minimum atomic E-state index is -0.710. The van der Waals surface area contributed by atoms with Crippen LogP contribution in [0.2, 0.25) is 8.67 Å². The molecule has 1 unspecified atom stereocenters. The molecule has 2 rings (SSSR count). The van der Waals surface area contributed by atoms with Gasteiger partial charge in [0.1, 0.15) is 10.4 Å². The normalized spacial score (nSPS) is 12.7. The summed E-state index contributed by atoms with van der Waals surface area (Å²) in [7, 11) is 0. The van der Waals surface area contributed by atoms with Gasteiger partial charge in [-0.15, -0.1) is 11.3 Å². The molecule has 4 heteroatoms. The van der Waals surface area contributed by atoms with E-state index >= 15 is 0 Å². The predicted octanol–water partition coefficient (Wildman–Crippen LogP) is 5.26. The smallest absolute Gasteiger partial charge is 0.107 e. The van der Waals surface area contributed by atoms with Crippen LogP contribution in [0.25, 0.3) is 0 Å². The second kappa shape index (κ2) is 6.27. The van der Waals surface area contributed by atoms with Gasteiger partial charge in [0, 0.05) is 5.56 Å². The molecule has 2 aromatic rings. The van der Waals surface area contributed by atoms with Crippen molar-refractivity contribution >= 4 is 34.5 Å². The number of thiophene rings is 1. The van der Waals surface area contributed by atoms with Crippen molar-refractivity contribution in [2.45, 2.75) is 32.8 Å². The summed E-state index contributed by atoms with van der Waals surface area (Å²) in [5.74, 6) is 0. The standard InChI is InChI=1S/C15H16Cl2OS/c1-3-9-5-6-10(4-2)11(7-9)14(18)12-8-13(16)19-15(12)17/h5-8,14,18H,3-4H2,1-2H3. The Bertz CT molecular complexity index is 578. The molecule has 0 amide bonds. The molecular formula is C15H16Cl2OS. The van der Waals surface area contributed by atoms with Gasteiger partial charge in [0.05, 0.1) is 4.34 Å². The molecule has 0 aliphatic rings. The lowest BCUT2D eigenvalue weighted by Crippen LogP contribution is -2.04. The number of hydrogen-bond acceptors (Lipinski definition) is 2. The minimum Gasteiger partial charge on any atom is -0.384 e. The van der Waals surface area contributed by atoms with Gasteiger partial charge in [0.25, 0.3) is 0 Å². The van der Waals surface area contributed by atoms with Gasteiger partial charge in [-0.2, -0.15) is 0 Å². The Hall–Kier alpha value is -0.540. The summed E-state index contributed by atoms with van der Waals surface area (Å²) in [6, 6.07) is 8.00. The SMILES string of the molecule is CCc1ccc(CC)c(C(O)c2cc(Cl)sc2Cl)c1.